The van der Waals surface area contributed by atoms with Gasteiger partial charge in [-0.2, -0.15) is 0 Å². The van der Waals surface area contributed by atoms with E-state index in [1.165, 1.54) is 0 Å². The quantitative estimate of drug-likeness (QED) is 0.452. The van der Waals surface area contributed by atoms with Crippen LogP contribution in [-0.4, -0.2) is 5.78 Å². The van der Waals surface area contributed by atoms with Gasteiger partial charge in [-0.1, -0.05) is 13.8 Å². The second-order valence-corrected chi connectivity index (χ2v) is 3.20. The van der Waals surface area contributed by atoms with Crippen molar-refractivity contribution in [2.45, 2.75) is 58.8 Å². The molecule has 0 aliphatic heterocycles. The molecule has 0 amide bonds. The first-order chi connectivity index (χ1) is 6.31. The highest BCUT2D eigenvalue weighted by Gasteiger charge is 1.95. The Hall–Kier alpha value is -0.770. The summed E-state index contributed by atoms with van der Waals surface area (Å²) < 4.78 is 0. The van der Waals surface area contributed by atoms with Crippen LogP contribution in [-0.2, 0) is 4.79 Å². The van der Waals surface area contributed by atoms with Crippen molar-refractivity contribution < 1.29 is 4.79 Å². The Labute approximate surface area is 81.9 Å². The number of ketones is 1. The Morgan fingerprint density at radius 2 is 1.77 bits per heavy atom. The number of hydrogen-bond donors (Lipinski definition) is 0. The first-order valence-electron chi connectivity index (χ1n) is 5.28. The summed E-state index contributed by atoms with van der Waals surface area (Å²) in [5.41, 5.74) is 0. The van der Waals surface area contributed by atoms with Gasteiger partial charge in [0.15, 0.2) is 0 Å². The van der Waals surface area contributed by atoms with Crippen molar-refractivity contribution >= 4 is 5.78 Å². The molecule has 0 aromatic carbocycles. The summed E-state index contributed by atoms with van der Waals surface area (Å²) in [6, 6.07) is 0. The molecule has 0 N–H and O–H groups in total. The second kappa shape index (κ2) is 9.32. The molecule has 1 heteroatoms. The molecular formula is C12H20O. The molecule has 0 saturated carbocycles. The van der Waals surface area contributed by atoms with Crippen LogP contribution in [0.15, 0.2) is 0 Å². The molecule has 74 valence electrons. The number of carbonyl (C=O) groups excluding carboxylic acids is 1. The zero-order valence-electron chi connectivity index (χ0n) is 8.86. The third kappa shape index (κ3) is 9.14. The Kier molecular flexibility index (Phi) is 8.77. The maximum atomic E-state index is 10.9. The zero-order chi connectivity index (χ0) is 9.94. The highest BCUT2D eigenvalue weighted by molar-refractivity contribution is 5.77. The summed E-state index contributed by atoms with van der Waals surface area (Å²) in [5, 5.41) is 0. The summed E-state index contributed by atoms with van der Waals surface area (Å²) in [6.45, 7) is 4.05. The van der Waals surface area contributed by atoms with Crippen molar-refractivity contribution in [3.8, 4) is 11.8 Å². The van der Waals surface area contributed by atoms with Gasteiger partial charge in [-0.3, -0.25) is 4.79 Å². The van der Waals surface area contributed by atoms with Crippen LogP contribution < -0.4 is 0 Å². The fourth-order valence-electron chi connectivity index (χ4n) is 1.01. The lowest BCUT2D eigenvalue weighted by molar-refractivity contribution is -0.118. The molecule has 0 atom stereocenters. The Balaban J connectivity index is 3.18. The molecule has 0 heterocycles. The fraction of sp³-hybridized carbons (Fsp3) is 0.750. The third-order valence-electron chi connectivity index (χ3n) is 1.90. The monoisotopic (exact) mass is 180 g/mol. The van der Waals surface area contributed by atoms with E-state index in [2.05, 4.69) is 18.8 Å². The van der Waals surface area contributed by atoms with Crippen LogP contribution in [0.4, 0.5) is 0 Å². The van der Waals surface area contributed by atoms with E-state index in [0.717, 1.165) is 38.5 Å². The summed E-state index contributed by atoms with van der Waals surface area (Å²) in [4.78, 5) is 10.9. The SMILES string of the molecule is CCCC#CCCCCC(=O)CC. The average molecular weight is 180 g/mol. The predicted octanol–water partition coefficient (Wildman–Crippen LogP) is 3.33. The van der Waals surface area contributed by atoms with Gasteiger partial charge in [0.05, 0.1) is 0 Å². The molecule has 0 radical (unpaired) electrons. The van der Waals surface area contributed by atoms with Gasteiger partial charge in [-0.25, -0.2) is 0 Å². The Morgan fingerprint density at radius 3 is 2.38 bits per heavy atom. The Morgan fingerprint density at radius 1 is 1.08 bits per heavy atom. The first-order valence-corrected chi connectivity index (χ1v) is 5.28. The summed E-state index contributed by atoms with van der Waals surface area (Å²) in [5.74, 6) is 6.60. The van der Waals surface area contributed by atoms with Crippen LogP contribution in [0.2, 0.25) is 0 Å². The van der Waals surface area contributed by atoms with E-state index in [-0.39, 0.29) is 0 Å². The van der Waals surface area contributed by atoms with Gasteiger partial charge in [0.1, 0.15) is 5.78 Å². The summed E-state index contributed by atoms with van der Waals surface area (Å²) in [7, 11) is 0. The maximum absolute atomic E-state index is 10.9. The lowest BCUT2D eigenvalue weighted by Gasteiger charge is -1.94. The highest BCUT2D eigenvalue weighted by Crippen LogP contribution is 2.01. The zero-order valence-corrected chi connectivity index (χ0v) is 8.86. The molecule has 13 heavy (non-hydrogen) atoms. The molecule has 1 nitrogen and oxygen atoms in total. The Bertz CT molecular complexity index is 183. The average Bonchev–Trinajstić information content (AvgIpc) is 2.16. The topological polar surface area (TPSA) is 17.1 Å². The van der Waals surface area contributed by atoms with Crippen LogP contribution in [0, 0.1) is 11.8 Å². The van der Waals surface area contributed by atoms with Crippen molar-refractivity contribution in [2.24, 2.45) is 0 Å². The standard InChI is InChI=1S/C12H20O/c1-3-5-6-7-8-9-10-11-12(13)4-2/h3-5,8-11H2,1-2H3. The van der Waals surface area contributed by atoms with Gasteiger partial charge in [-0.15, -0.1) is 11.8 Å². The molecule has 0 aromatic rings. The normalized spacial score (nSPS) is 9.08. The smallest absolute Gasteiger partial charge is 0.132 e. The van der Waals surface area contributed by atoms with Crippen molar-refractivity contribution in [1.29, 1.82) is 0 Å². The van der Waals surface area contributed by atoms with Gasteiger partial charge in [0, 0.05) is 25.7 Å². The van der Waals surface area contributed by atoms with Crippen molar-refractivity contribution in [3.05, 3.63) is 0 Å². The van der Waals surface area contributed by atoms with Crippen molar-refractivity contribution in [1.82, 2.24) is 0 Å². The van der Waals surface area contributed by atoms with Crippen LogP contribution in [0.5, 0.6) is 0 Å². The van der Waals surface area contributed by atoms with E-state index in [1.54, 1.807) is 0 Å². The minimum Gasteiger partial charge on any atom is -0.300 e. The summed E-state index contributed by atoms with van der Waals surface area (Å²) >= 11 is 0. The molecular weight excluding hydrogens is 160 g/mol. The van der Waals surface area contributed by atoms with Gasteiger partial charge in [0.25, 0.3) is 0 Å². The molecule has 0 bridgehead atoms. The first kappa shape index (κ1) is 12.2. The molecule has 0 saturated heterocycles. The van der Waals surface area contributed by atoms with E-state index in [9.17, 15) is 4.79 Å². The number of hydrogen-bond acceptors (Lipinski definition) is 1. The maximum Gasteiger partial charge on any atom is 0.132 e. The minimum absolute atomic E-state index is 0.376. The highest BCUT2D eigenvalue weighted by atomic mass is 16.1. The van der Waals surface area contributed by atoms with Crippen molar-refractivity contribution in [3.63, 3.8) is 0 Å². The predicted molar refractivity (Wildman–Crippen MR) is 56.5 cm³/mol. The number of rotatable bonds is 6. The molecule has 0 aliphatic carbocycles. The second-order valence-electron chi connectivity index (χ2n) is 3.20. The number of carbonyl (C=O) groups is 1. The van der Waals surface area contributed by atoms with E-state index < -0.39 is 0 Å². The molecule has 0 spiro atoms. The van der Waals surface area contributed by atoms with Crippen LogP contribution in [0.3, 0.4) is 0 Å². The lowest BCUT2D eigenvalue weighted by Crippen LogP contribution is -1.93. The molecule has 0 rings (SSSR count). The minimum atomic E-state index is 0.376. The molecule has 0 aromatic heterocycles. The van der Waals surface area contributed by atoms with Crippen LogP contribution in [0.25, 0.3) is 0 Å². The van der Waals surface area contributed by atoms with Gasteiger partial charge >= 0.3 is 0 Å². The van der Waals surface area contributed by atoms with E-state index >= 15 is 0 Å². The third-order valence-corrected chi connectivity index (χ3v) is 1.90. The van der Waals surface area contributed by atoms with E-state index in [4.69, 9.17) is 0 Å². The van der Waals surface area contributed by atoms with E-state index in [0.29, 0.717) is 12.2 Å². The van der Waals surface area contributed by atoms with Gasteiger partial charge in [0.2, 0.25) is 0 Å². The number of Topliss-reactive ketones (excluding diaryl/α,β-unsaturated/α-hetero) is 1. The number of unbranched alkanes of at least 4 members (excludes halogenated alkanes) is 3. The summed E-state index contributed by atoms with van der Waals surface area (Å²) in [6.07, 6.45) is 6.61. The molecule has 0 unspecified atom stereocenters. The van der Waals surface area contributed by atoms with Crippen LogP contribution in [0.1, 0.15) is 58.8 Å². The van der Waals surface area contributed by atoms with Crippen molar-refractivity contribution in [2.75, 3.05) is 0 Å². The molecule has 0 aliphatic rings. The molecule has 0 fully saturated rings. The lowest BCUT2D eigenvalue weighted by atomic mass is 10.1. The van der Waals surface area contributed by atoms with Gasteiger partial charge < -0.3 is 0 Å². The van der Waals surface area contributed by atoms with Crippen LogP contribution >= 0.6 is 0 Å². The van der Waals surface area contributed by atoms with Gasteiger partial charge in [-0.05, 0) is 19.3 Å². The fourth-order valence-corrected chi connectivity index (χ4v) is 1.01. The van der Waals surface area contributed by atoms with E-state index in [1.807, 2.05) is 6.92 Å². The largest absolute Gasteiger partial charge is 0.300 e.